The van der Waals surface area contributed by atoms with Crippen molar-refractivity contribution in [3.8, 4) is 0 Å². The molecule has 0 bridgehead atoms. The van der Waals surface area contributed by atoms with Crippen molar-refractivity contribution in [3.05, 3.63) is 53.3 Å². The van der Waals surface area contributed by atoms with Crippen molar-refractivity contribution in [1.29, 1.82) is 0 Å². The number of hydrogen-bond acceptors (Lipinski definition) is 3. The van der Waals surface area contributed by atoms with E-state index in [0.29, 0.717) is 0 Å². The maximum absolute atomic E-state index is 5.67. The van der Waals surface area contributed by atoms with Gasteiger partial charge < -0.3 is 0 Å². The Morgan fingerprint density at radius 1 is 1.39 bits per heavy atom. The highest BCUT2D eigenvalue weighted by atomic mass is 15.3. The Bertz CT molecular complexity index is 504. The van der Waals surface area contributed by atoms with Crippen LogP contribution < -0.4 is 11.3 Å². The smallest absolute Gasteiger partial charge is 0.0538 e. The number of nitrogens with one attached hydrogen (secondary N) is 1. The van der Waals surface area contributed by atoms with Gasteiger partial charge in [-0.2, -0.15) is 5.10 Å². The maximum Gasteiger partial charge on any atom is 0.0538 e. The van der Waals surface area contributed by atoms with Crippen LogP contribution >= 0.6 is 0 Å². The monoisotopic (exact) mass is 244 g/mol. The van der Waals surface area contributed by atoms with E-state index in [9.17, 15) is 0 Å². The SMILES string of the molecule is CCn1cc(C(Cc2ccccc2C)NN)cn1. The van der Waals surface area contributed by atoms with Crippen molar-refractivity contribution >= 4 is 0 Å². The van der Waals surface area contributed by atoms with Crippen LogP contribution in [0.2, 0.25) is 0 Å². The molecule has 0 amide bonds. The predicted molar refractivity (Wildman–Crippen MR) is 72.8 cm³/mol. The molecule has 0 aliphatic carbocycles. The average molecular weight is 244 g/mol. The van der Waals surface area contributed by atoms with Gasteiger partial charge in [0.1, 0.15) is 0 Å². The summed E-state index contributed by atoms with van der Waals surface area (Å²) >= 11 is 0. The van der Waals surface area contributed by atoms with Crippen LogP contribution in [0.5, 0.6) is 0 Å². The maximum atomic E-state index is 5.67. The van der Waals surface area contributed by atoms with Crippen molar-refractivity contribution < 1.29 is 0 Å². The summed E-state index contributed by atoms with van der Waals surface area (Å²) in [4.78, 5) is 0. The third kappa shape index (κ3) is 2.78. The van der Waals surface area contributed by atoms with E-state index in [1.54, 1.807) is 0 Å². The first kappa shape index (κ1) is 12.8. The van der Waals surface area contributed by atoms with Gasteiger partial charge in [0.25, 0.3) is 0 Å². The molecule has 1 unspecified atom stereocenters. The molecule has 4 nitrogen and oxygen atoms in total. The lowest BCUT2D eigenvalue weighted by atomic mass is 9.98. The van der Waals surface area contributed by atoms with Gasteiger partial charge in [-0.25, -0.2) is 0 Å². The average Bonchev–Trinajstić information content (AvgIpc) is 2.86. The summed E-state index contributed by atoms with van der Waals surface area (Å²) in [6.07, 6.45) is 4.80. The zero-order valence-corrected chi connectivity index (χ0v) is 10.9. The van der Waals surface area contributed by atoms with E-state index in [0.717, 1.165) is 18.5 Å². The Balaban J connectivity index is 2.17. The number of hydrogen-bond donors (Lipinski definition) is 2. The van der Waals surface area contributed by atoms with Gasteiger partial charge in [-0.3, -0.25) is 16.0 Å². The molecule has 0 saturated carbocycles. The third-order valence-corrected chi connectivity index (χ3v) is 3.27. The molecule has 0 saturated heterocycles. The van der Waals surface area contributed by atoms with Crippen LogP contribution in [-0.4, -0.2) is 9.78 Å². The summed E-state index contributed by atoms with van der Waals surface area (Å²) in [7, 11) is 0. The molecule has 0 aliphatic rings. The molecule has 4 heteroatoms. The zero-order chi connectivity index (χ0) is 13.0. The Hall–Kier alpha value is -1.65. The predicted octanol–water partition coefficient (Wildman–Crippen LogP) is 1.96. The molecular weight excluding hydrogens is 224 g/mol. The van der Waals surface area contributed by atoms with Crippen LogP contribution in [0.4, 0.5) is 0 Å². The minimum atomic E-state index is 0.103. The topological polar surface area (TPSA) is 55.9 Å². The first-order valence-corrected chi connectivity index (χ1v) is 6.27. The van der Waals surface area contributed by atoms with E-state index in [1.807, 2.05) is 17.1 Å². The van der Waals surface area contributed by atoms with Gasteiger partial charge in [0.05, 0.1) is 12.2 Å². The molecular formula is C14H20N4. The fourth-order valence-electron chi connectivity index (χ4n) is 2.06. The standard InChI is InChI=1S/C14H20N4/c1-3-18-10-13(9-16-18)14(17-15)8-12-7-5-4-6-11(12)2/h4-7,9-10,14,17H,3,8,15H2,1-2H3. The lowest BCUT2D eigenvalue weighted by Gasteiger charge is -2.15. The minimum Gasteiger partial charge on any atom is -0.273 e. The van der Waals surface area contributed by atoms with Crippen molar-refractivity contribution in [2.24, 2.45) is 5.84 Å². The van der Waals surface area contributed by atoms with Crippen molar-refractivity contribution in [1.82, 2.24) is 15.2 Å². The second-order valence-electron chi connectivity index (χ2n) is 4.48. The Morgan fingerprint density at radius 2 is 2.17 bits per heavy atom. The summed E-state index contributed by atoms with van der Waals surface area (Å²) in [6.45, 7) is 5.07. The number of rotatable bonds is 5. The number of nitrogens with zero attached hydrogens (tertiary/aromatic N) is 2. The normalized spacial score (nSPS) is 12.6. The van der Waals surface area contributed by atoms with E-state index in [2.05, 4.69) is 48.6 Å². The molecule has 1 heterocycles. The van der Waals surface area contributed by atoms with Gasteiger partial charge in [-0.1, -0.05) is 24.3 Å². The molecule has 0 aliphatic heterocycles. The molecule has 0 fully saturated rings. The summed E-state index contributed by atoms with van der Waals surface area (Å²) < 4.78 is 1.91. The van der Waals surface area contributed by atoms with Crippen LogP contribution in [0, 0.1) is 6.92 Å². The Kier molecular flexibility index (Phi) is 4.12. The first-order valence-electron chi connectivity index (χ1n) is 6.27. The minimum absolute atomic E-state index is 0.103. The summed E-state index contributed by atoms with van der Waals surface area (Å²) in [6, 6.07) is 8.48. The zero-order valence-electron chi connectivity index (χ0n) is 10.9. The summed E-state index contributed by atoms with van der Waals surface area (Å²) in [5, 5.41) is 4.29. The number of hydrazine groups is 1. The van der Waals surface area contributed by atoms with Gasteiger partial charge in [0.15, 0.2) is 0 Å². The number of nitrogens with two attached hydrogens (primary N) is 1. The number of aryl methyl sites for hydroxylation is 2. The highest BCUT2D eigenvalue weighted by Gasteiger charge is 2.13. The molecule has 18 heavy (non-hydrogen) atoms. The van der Waals surface area contributed by atoms with Crippen molar-refractivity contribution in [2.75, 3.05) is 0 Å². The molecule has 96 valence electrons. The number of aromatic nitrogens is 2. The Labute approximate surface area is 108 Å². The lowest BCUT2D eigenvalue weighted by Crippen LogP contribution is -2.29. The van der Waals surface area contributed by atoms with Crippen molar-refractivity contribution in [3.63, 3.8) is 0 Å². The molecule has 0 radical (unpaired) electrons. The van der Waals surface area contributed by atoms with E-state index in [-0.39, 0.29) is 6.04 Å². The fourth-order valence-corrected chi connectivity index (χ4v) is 2.06. The highest BCUT2D eigenvalue weighted by molar-refractivity contribution is 5.28. The van der Waals surface area contributed by atoms with Crippen LogP contribution in [0.3, 0.4) is 0 Å². The van der Waals surface area contributed by atoms with Crippen LogP contribution in [0.1, 0.15) is 29.7 Å². The van der Waals surface area contributed by atoms with Crippen LogP contribution in [0.25, 0.3) is 0 Å². The third-order valence-electron chi connectivity index (χ3n) is 3.27. The highest BCUT2D eigenvalue weighted by Crippen LogP contribution is 2.19. The van der Waals surface area contributed by atoms with Gasteiger partial charge in [-0.05, 0) is 31.4 Å². The molecule has 0 spiro atoms. The van der Waals surface area contributed by atoms with Gasteiger partial charge >= 0.3 is 0 Å². The van der Waals surface area contributed by atoms with E-state index < -0.39 is 0 Å². The molecule has 1 aromatic heterocycles. The van der Waals surface area contributed by atoms with Gasteiger partial charge in [-0.15, -0.1) is 0 Å². The molecule has 3 N–H and O–H groups in total. The largest absolute Gasteiger partial charge is 0.273 e. The quantitative estimate of drug-likeness (QED) is 0.624. The van der Waals surface area contributed by atoms with E-state index >= 15 is 0 Å². The van der Waals surface area contributed by atoms with E-state index in [4.69, 9.17) is 5.84 Å². The number of benzene rings is 1. The van der Waals surface area contributed by atoms with Gasteiger partial charge in [0.2, 0.25) is 0 Å². The van der Waals surface area contributed by atoms with Crippen LogP contribution in [-0.2, 0) is 13.0 Å². The second kappa shape index (κ2) is 5.80. The molecule has 1 atom stereocenters. The Morgan fingerprint density at radius 3 is 2.78 bits per heavy atom. The summed E-state index contributed by atoms with van der Waals surface area (Å²) in [5.74, 6) is 5.67. The van der Waals surface area contributed by atoms with Crippen molar-refractivity contribution in [2.45, 2.75) is 32.9 Å². The van der Waals surface area contributed by atoms with Gasteiger partial charge in [0, 0.05) is 18.3 Å². The second-order valence-corrected chi connectivity index (χ2v) is 4.48. The first-order chi connectivity index (χ1) is 8.74. The van der Waals surface area contributed by atoms with Crippen LogP contribution in [0.15, 0.2) is 36.7 Å². The van der Waals surface area contributed by atoms with E-state index in [1.165, 1.54) is 11.1 Å². The lowest BCUT2D eigenvalue weighted by molar-refractivity contribution is 0.549. The summed E-state index contributed by atoms with van der Waals surface area (Å²) in [5.41, 5.74) is 6.61. The molecule has 1 aromatic carbocycles. The molecule has 2 aromatic rings. The fraction of sp³-hybridized carbons (Fsp3) is 0.357. The molecule has 2 rings (SSSR count).